The highest BCUT2D eigenvalue weighted by Crippen LogP contribution is 2.31. The zero-order valence-corrected chi connectivity index (χ0v) is 8.14. The molecule has 1 heterocycles. The maximum absolute atomic E-state index is 9.61. The number of rotatable bonds is 1. The lowest BCUT2D eigenvalue weighted by Gasteiger charge is -2.02. The van der Waals surface area contributed by atoms with E-state index in [0.29, 0.717) is 5.75 Å². The molecule has 0 unspecified atom stereocenters. The van der Waals surface area contributed by atoms with Crippen LogP contribution in [-0.2, 0) is 0 Å². The van der Waals surface area contributed by atoms with Gasteiger partial charge in [-0.05, 0) is 41.4 Å². The second kappa shape index (κ2) is 3.23. The van der Waals surface area contributed by atoms with Crippen molar-refractivity contribution in [1.82, 2.24) is 0 Å². The molecule has 0 aliphatic carbocycles. The Balaban J connectivity index is 2.57. The minimum absolute atomic E-state index is 0.351. The van der Waals surface area contributed by atoms with Crippen molar-refractivity contribution < 1.29 is 5.11 Å². The molecule has 0 fully saturated rings. The first-order valence-corrected chi connectivity index (χ1v) is 5.04. The average molecular weight is 190 g/mol. The van der Waals surface area contributed by atoms with Crippen LogP contribution in [0.4, 0.5) is 0 Å². The fraction of sp³-hybridized carbons (Fsp3) is 0.0909. The first kappa shape index (κ1) is 8.32. The first-order chi connectivity index (χ1) is 6.27. The zero-order chi connectivity index (χ0) is 9.26. The largest absolute Gasteiger partial charge is 0.507 e. The summed E-state index contributed by atoms with van der Waals surface area (Å²) in [6.45, 7) is 2.02. The van der Waals surface area contributed by atoms with Crippen molar-refractivity contribution >= 4 is 11.3 Å². The Morgan fingerprint density at radius 1 is 1.23 bits per heavy atom. The van der Waals surface area contributed by atoms with Crippen LogP contribution in [0.5, 0.6) is 5.75 Å². The number of hydrogen-bond donors (Lipinski definition) is 1. The lowest BCUT2D eigenvalue weighted by molar-refractivity contribution is 0.477. The molecular weight excluding hydrogens is 180 g/mol. The number of aryl methyl sites for hydroxylation is 1. The summed E-state index contributed by atoms with van der Waals surface area (Å²) in [6.07, 6.45) is 0. The van der Waals surface area contributed by atoms with Crippen molar-refractivity contribution in [3.63, 3.8) is 0 Å². The average Bonchev–Trinajstić information content (AvgIpc) is 2.61. The monoisotopic (exact) mass is 190 g/mol. The van der Waals surface area contributed by atoms with E-state index in [9.17, 15) is 5.11 Å². The normalized spacial score (nSPS) is 10.2. The molecule has 0 aliphatic rings. The summed E-state index contributed by atoms with van der Waals surface area (Å²) in [5, 5.41) is 13.7. The Bertz CT molecular complexity index is 404. The molecule has 1 nitrogen and oxygen atoms in total. The summed E-state index contributed by atoms with van der Waals surface area (Å²) in [6, 6.07) is 7.66. The van der Waals surface area contributed by atoms with Crippen LogP contribution >= 0.6 is 11.3 Å². The topological polar surface area (TPSA) is 20.2 Å². The third kappa shape index (κ3) is 1.58. The molecule has 2 heteroatoms. The van der Waals surface area contributed by atoms with E-state index in [1.807, 2.05) is 35.9 Å². The maximum Gasteiger partial charge on any atom is 0.123 e. The van der Waals surface area contributed by atoms with Crippen molar-refractivity contribution in [2.24, 2.45) is 0 Å². The summed E-state index contributed by atoms with van der Waals surface area (Å²) >= 11 is 1.64. The number of thiophene rings is 1. The van der Waals surface area contributed by atoms with Crippen LogP contribution in [-0.4, -0.2) is 5.11 Å². The van der Waals surface area contributed by atoms with Crippen molar-refractivity contribution in [2.75, 3.05) is 0 Å². The number of phenolic OH excluding ortho intramolecular Hbond substituents is 1. The summed E-state index contributed by atoms with van der Waals surface area (Å²) in [4.78, 5) is 0. The zero-order valence-electron chi connectivity index (χ0n) is 7.32. The van der Waals surface area contributed by atoms with Crippen LogP contribution in [0.3, 0.4) is 0 Å². The highest BCUT2D eigenvalue weighted by molar-refractivity contribution is 7.08. The minimum Gasteiger partial charge on any atom is -0.507 e. The van der Waals surface area contributed by atoms with Gasteiger partial charge in [0.15, 0.2) is 0 Å². The van der Waals surface area contributed by atoms with Gasteiger partial charge in [-0.3, -0.25) is 0 Å². The highest BCUT2D eigenvalue weighted by atomic mass is 32.1. The molecule has 0 spiro atoms. The van der Waals surface area contributed by atoms with E-state index >= 15 is 0 Å². The number of benzene rings is 1. The van der Waals surface area contributed by atoms with Crippen LogP contribution in [0, 0.1) is 6.92 Å². The van der Waals surface area contributed by atoms with Gasteiger partial charge in [0.05, 0.1) is 0 Å². The third-order valence-corrected chi connectivity index (χ3v) is 2.67. The number of aromatic hydroxyl groups is 1. The van der Waals surface area contributed by atoms with Gasteiger partial charge in [-0.15, -0.1) is 0 Å². The summed E-state index contributed by atoms with van der Waals surface area (Å²) in [5.74, 6) is 0.351. The molecule has 1 aromatic carbocycles. The van der Waals surface area contributed by atoms with Gasteiger partial charge in [0.1, 0.15) is 5.75 Å². The number of hydrogen-bond acceptors (Lipinski definition) is 2. The van der Waals surface area contributed by atoms with Crippen LogP contribution in [0.15, 0.2) is 35.0 Å². The van der Waals surface area contributed by atoms with Crippen LogP contribution < -0.4 is 0 Å². The summed E-state index contributed by atoms with van der Waals surface area (Å²) in [5.41, 5.74) is 3.17. The van der Waals surface area contributed by atoms with Crippen LogP contribution in [0.25, 0.3) is 11.1 Å². The lowest BCUT2D eigenvalue weighted by Crippen LogP contribution is -1.77. The molecule has 0 aliphatic heterocycles. The van der Waals surface area contributed by atoms with E-state index in [1.54, 1.807) is 17.4 Å². The summed E-state index contributed by atoms with van der Waals surface area (Å²) in [7, 11) is 0. The van der Waals surface area contributed by atoms with Gasteiger partial charge in [-0.1, -0.05) is 11.6 Å². The molecule has 13 heavy (non-hydrogen) atoms. The molecule has 0 amide bonds. The van der Waals surface area contributed by atoms with Crippen molar-refractivity contribution in [2.45, 2.75) is 6.92 Å². The van der Waals surface area contributed by atoms with Gasteiger partial charge in [0.2, 0.25) is 0 Å². The predicted octanol–water partition coefficient (Wildman–Crippen LogP) is 3.43. The Morgan fingerprint density at radius 2 is 2.08 bits per heavy atom. The molecule has 0 atom stereocenters. The molecule has 66 valence electrons. The minimum atomic E-state index is 0.351. The Labute approximate surface area is 81.3 Å². The van der Waals surface area contributed by atoms with Crippen molar-refractivity contribution in [3.05, 3.63) is 40.6 Å². The second-order valence-electron chi connectivity index (χ2n) is 3.03. The van der Waals surface area contributed by atoms with Gasteiger partial charge in [-0.2, -0.15) is 11.3 Å². The Hall–Kier alpha value is -1.28. The smallest absolute Gasteiger partial charge is 0.123 e. The van der Waals surface area contributed by atoms with E-state index in [4.69, 9.17) is 0 Å². The van der Waals surface area contributed by atoms with Gasteiger partial charge < -0.3 is 5.11 Å². The SMILES string of the molecule is Cc1ccc(O)c(-c2ccsc2)c1. The Morgan fingerprint density at radius 3 is 2.77 bits per heavy atom. The lowest BCUT2D eigenvalue weighted by atomic mass is 10.1. The van der Waals surface area contributed by atoms with Gasteiger partial charge >= 0.3 is 0 Å². The van der Waals surface area contributed by atoms with E-state index in [0.717, 1.165) is 11.1 Å². The third-order valence-electron chi connectivity index (χ3n) is 1.98. The van der Waals surface area contributed by atoms with E-state index < -0.39 is 0 Å². The maximum atomic E-state index is 9.61. The number of phenols is 1. The highest BCUT2D eigenvalue weighted by Gasteiger charge is 2.03. The standard InChI is InChI=1S/C11H10OS/c1-8-2-3-11(12)10(6-8)9-4-5-13-7-9/h2-7,12H,1H3. The molecule has 0 bridgehead atoms. The van der Waals surface area contributed by atoms with E-state index in [-0.39, 0.29) is 0 Å². The molecule has 0 radical (unpaired) electrons. The fourth-order valence-corrected chi connectivity index (χ4v) is 1.95. The summed E-state index contributed by atoms with van der Waals surface area (Å²) < 4.78 is 0. The first-order valence-electron chi connectivity index (χ1n) is 4.09. The predicted molar refractivity (Wildman–Crippen MR) is 56.2 cm³/mol. The van der Waals surface area contributed by atoms with E-state index in [2.05, 4.69) is 0 Å². The van der Waals surface area contributed by atoms with Crippen molar-refractivity contribution in [1.29, 1.82) is 0 Å². The fourth-order valence-electron chi connectivity index (χ4n) is 1.30. The second-order valence-corrected chi connectivity index (χ2v) is 3.81. The van der Waals surface area contributed by atoms with Gasteiger partial charge in [0, 0.05) is 5.56 Å². The van der Waals surface area contributed by atoms with Crippen molar-refractivity contribution in [3.8, 4) is 16.9 Å². The molecule has 1 N–H and O–H groups in total. The molecule has 0 saturated heterocycles. The molecule has 2 aromatic rings. The van der Waals surface area contributed by atoms with Gasteiger partial charge in [0.25, 0.3) is 0 Å². The van der Waals surface area contributed by atoms with Gasteiger partial charge in [-0.25, -0.2) is 0 Å². The molecule has 0 saturated carbocycles. The molecular formula is C11H10OS. The molecule has 2 rings (SSSR count). The quantitative estimate of drug-likeness (QED) is 0.730. The van der Waals surface area contributed by atoms with Crippen LogP contribution in [0.1, 0.15) is 5.56 Å². The van der Waals surface area contributed by atoms with E-state index in [1.165, 1.54) is 5.56 Å². The van der Waals surface area contributed by atoms with Crippen LogP contribution in [0.2, 0.25) is 0 Å². The molecule has 1 aromatic heterocycles. The Kier molecular flexibility index (Phi) is 2.07.